The largest absolute Gasteiger partial charge is 0.461 e. The number of carbonyl (C=O) groups excluding carboxylic acids is 2. The number of aromatic nitrogens is 2. The molecule has 0 unspecified atom stereocenters. The normalized spacial score (nSPS) is 14.3. The van der Waals surface area contributed by atoms with Crippen LogP contribution in [-0.4, -0.2) is 59.5 Å². The van der Waals surface area contributed by atoms with E-state index in [1.807, 2.05) is 41.0 Å². The SMILES string of the molecule is CCOC(=O)c1nc2cc(Cl)c(Cl)cc2nc1N1CCCN(C(=O)c2ccccc2C)CC1. The standard InChI is InChI=1S/C24H24Cl2N4O3/c1-3-33-24(32)21-22(28-20-14-18(26)17(25)13-19(20)27-21)29-9-6-10-30(12-11-29)23(31)16-8-5-4-7-15(16)2/h4-5,7-8,13-14H,3,6,9-12H2,1-2H3. The van der Waals surface area contributed by atoms with Crippen LogP contribution in [0.1, 0.15) is 39.8 Å². The van der Waals surface area contributed by atoms with Crippen LogP contribution in [0.15, 0.2) is 36.4 Å². The number of rotatable bonds is 4. The number of fused-ring (bicyclic) bond motifs is 1. The number of hydrogen-bond acceptors (Lipinski definition) is 6. The molecule has 2 heterocycles. The Bertz CT molecular complexity index is 1220. The number of aryl methyl sites for hydroxylation is 1. The van der Waals surface area contributed by atoms with Crippen molar-refractivity contribution in [3.63, 3.8) is 0 Å². The van der Waals surface area contributed by atoms with Crippen LogP contribution < -0.4 is 4.90 Å². The van der Waals surface area contributed by atoms with Crippen molar-refractivity contribution in [2.75, 3.05) is 37.7 Å². The topological polar surface area (TPSA) is 75.6 Å². The highest BCUT2D eigenvalue weighted by Crippen LogP contribution is 2.29. The fraction of sp³-hybridized carbons (Fsp3) is 0.333. The molecule has 0 radical (unpaired) electrons. The molecule has 1 saturated heterocycles. The summed E-state index contributed by atoms with van der Waals surface area (Å²) in [5.41, 5.74) is 2.77. The van der Waals surface area contributed by atoms with Gasteiger partial charge in [-0.2, -0.15) is 0 Å². The Morgan fingerprint density at radius 3 is 2.39 bits per heavy atom. The Balaban J connectivity index is 1.65. The molecule has 7 nitrogen and oxygen atoms in total. The van der Waals surface area contributed by atoms with E-state index in [1.165, 1.54) is 0 Å². The number of carbonyl (C=O) groups is 2. The second-order valence-corrected chi connectivity index (χ2v) is 8.63. The fourth-order valence-electron chi connectivity index (χ4n) is 3.91. The van der Waals surface area contributed by atoms with Crippen LogP contribution in [0, 0.1) is 6.92 Å². The zero-order valence-electron chi connectivity index (χ0n) is 18.5. The molecule has 4 rings (SSSR count). The van der Waals surface area contributed by atoms with Gasteiger partial charge in [0.2, 0.25) is 0 Å². The number of halogens is 2. The van der Waals surface area contributed by atoms with Crippen LogP contribution >= 0.6 is 23.2 Å². The highest BCUT2D eigenvalue weighted by Gasteiger charge is 2.27. The summed E-state index contributed by atoms with van der Waals surface area (Å²) in [5.74, 6) is -0.124. The van der Waals surface area contributed by atoms with E-state index in [-0.39, 0.29) is 18.2 Å². The molecule has 0 spiro atoms. The van der Waals surface area contributed by atoms with E-state index in [4.69, 9.17) is 32.9 Å². The van der Waals surface area contributed by atoms with Crippen molar-refractivity contribution in [2.45, 2.75) is 20.3 Å². The van der Waals surface area contributed by atoms with Crippen LogP contribution in [-0.2, 0) is 4.74 Å². The van der Waals surface area contributed by atoms with Crippen LogP contribution in [0.4, 0.5) is 5.82 Å². The highest BCUT2D eigenvalue weighted by atomic mass is 35.5. The average Bonchev–Trinajstić information content (AvgIpc) is 3.05. The zero-order chi connectivity index (χ0) is 23.5. The van der Waals surface area contributed by atoms with Gasteiger partial charge in [0.15, 0.2) is 11.5 Å². The van der Waals surface area contributed by atoms with E-state index >= 15 is 0 Å². The Labute approximate surface area is 202 Å². The minimum Gasteiger partial charge on any atom is -0.461 e. The minimum absolute atomic E-state index is 0.00610. The molecular weight excluding hydrogens is 463 g/mol. The van der Waals surface area contributed by atoms with Crippen LogP contribution in [0.25, 0.3) is 11.0 Å². The summed E-state index contributed by atoms with van der Waals surface area (Å²) in [4.78, 5) is 38.8. The van der Waals surface area contributed by atoms with Gasteiger partial charge in [-0.15, -0.1) is 0 Å². The van der Waals surface area contributed by atoms with E-state index in [1.54, 1.807) is 19.1 Å². The summed E-state index contributed by atoms with van der Waals surface area (Å²) in [5, 5.41) is 0.695. The molecule has 172 valence electrons. The molecule has 1 amide bonds. The van der Waals surface area contributed by atoms with Crippen LogP contribution in [0.2, 0.25) is 10.0 Å². The lowest BCUT2D eigenvalue weighted by atomic mass is 10.1. The molecule has 1 aromatic heterocycles. The predicted molar refractivity (Wildman–Crippen MR) is 129 cm³/mol. The second kappa shape index (κ2) is 9.93. The molecule has 2 aromatic carbocycles. The van der Waals surface area contributed by atoms with Crippen LogP contribution in [0.3, 0.4) is 0 Å². The minimum atomic E-state index is -0.551. The Kier molecular flexibility index (Phi) is 7.00. The first-order valence-electron chi connectivity index (χ1n) is 10.8. The molecule has 9 heteroatoms. The van der Waals surface area contributed by atoms with Gasteiger partial charge in [0.25, 0.3) is 5.91 Å². The quantitative estimate of drug-likeness (QED) is 0.494. The number of benzene rings is 2. The maximum absolute atomic E-state index is 13.1. The number of ether oxygens (including phenoxy) is 1. The van der Waals surface area contributed by atoms with Gasteiger partial charge in [-0.25, -0.2) is 14.8 Å². The smallest absolute Gasteiger partial charge is 0.360 e. The van der Waals surface area contributed by atoms with E-state index < -0.39 is 5.97 Å². The number of anilines is 1. The Morgan fingerprint density at radius 1 is 1.00 bits per heavy atom. The van der Waals surface area contributed by atoms with Crippen molar-refractivity contribution in [1.29, 1.82) is 0 Å². The highest BCUT2D eigenvalue weighted by molar-refractivity contribution is 6.42. The molecule has 0 aliphatic carbocycles. The third kappa shape index (κ3) is 4.89. The summed E-state index contributed by atoms with van der Waals surface area (Å²) in [6.07, 6.45) is 0.723. The summed E-state index contributed by atoms with van der Waals surface area (Å²) in [7, 11) is 0. The van der Waals surface area contributed by atoms with Crippen LogP contribution in [0.5, 0.6) is 0 Å². The first kappa shape index (κ1) is 23.3. The lowest BCUT2D eigenvalue weighted by molar-refractivity contribution is 0.0520. The zero-order valence-corrected chi connectivity index (χ0v) is 20.0. The van der Waals surface area contributed by atoms with Crippen molar-refractivity contribution in [3.8, 4) is 0 Å². The van der Waals surface area contributed by atoms with E-state index in [0.29, 0.717) is 58.6 Å². The van der Waals surface area contributed by atoms with Gasteiger partial charge in [0, 0.05) is 31.7 Å². The molecule has 1 aliphatic rings. The van der Waals surface area contributed by atoms with Gasteiger partial charge in [-0.3, -0.25) is 4.79 Å². The van der Waals surface area contributed by atoms with Crippen molar-refractivity contribution in [2.24, 2.45) is 0 Å². The van der Waals surface area contributed by atoms with E-state index in [9.17, 15) is 9.59 Å². The third-order valence-electron chi connectivity index (χ3n) is 5.61. The number of hydrogen-bond donors (Lipinski definition) is 0. The molecule has 0 saturated carbocycles. The van der Waals surface area contributed by atoms with Crippen molar-refractivity contribution < 1.29 is 14.3 Å². The Morgan fingerprint density at radius 2 is 1.70 bits per heavy atom. The lowest BCUT2D eigenvalue weighted by Gasteiger charge is -2.24. The van der Waals surface area contributed by atoms with Gasteiger partial charge in [0.05, 0.1) is 27.7 Å². The monoisotopic (exact) mass is 486 g/mol. The van der Waals surface area contributed by atoms with Gasteiger partial charge in [0.1, 0.15) is 0 Å². The van der Waals surface area contributed by atoms with E-state index in [0.717, 1.165) is 12.0 Å². The molecule has 1 aliphatic heterocycles. The van der Waals surface area contributed by atoms with Gasteiger partial charge in [-0.1, -0.05) is 41.4 Å². The molecule has 0 N–H and O–H groups in total. The molecule has 0 atom stereocenters. The van der Waals surface area contributed by atoms with Crippen molar-refractivity contribution in [1.82, 2.24) is 14.9 Å². The molecular formula is C24H24Cl2N4O3. The second-order valence-electron chi connectivity index (χ2n) is 7.82. The number of esters is 1. The van der Waals surface area contributed by atoms with Gasteiger partial charge in [-0.05, 0) is 44.0 Å². The summed E-state index contributed by atoms with van der Waals surface area (Å²) in [6.45, 7) is 6.13. The summed E-state index contributed by atoms with van der Waals surface area (Å²) in [6, 6.07) is 10.8. The Hall–Kier alpha value is -2.90. The molecule has 3 aromatic rings. The molecule has 33 heavy (non-hydrogen) atoms. The van der Waals surface area contributed by atoms with Gasteiger partial charge >= 0.3 is 5.97 Å². The fourth-order valence-corrected chi connectivity index (χ4v) is 4.23. The average molecular weight is 487 g/mol. The first-order chi connectivity index (χ1) is 15.9. The van der Waals surface area contributed by atoms with Crippen molar-refractivity contribution >= 4 is 51.9 Å². The maximum atomic E-state index is 13.1. The molecule has 0 bridgehead atoms. The number of amides is 1. The van der Waals surface area contributed by atoms with Gasteiger partial charge < -0.3 is 14.5 Å². The molecule has 1 fully saturated rings. The third-order valence-corrected chi connectivity index (χ3v) is 6.34. The van der Waals surface area contributed by atoms with E-state index in [2.05, 4.69) is 4.98 Å². The maximum Gasteiger partial charge on any atom is 0.360 e. The lowest BCUT2D eigenvalue weighted by Crippen LogP contribution is -2.36. The predicted octanol–water partition coefficient (Wildman–Crippen LogP) is 4.77. The first-order valence-corrected chi connectivity index (χ1v) is 11.6. The number of nitrogens with zero attached hydrogens (tertiary/aromatic N) is 4. The summed E-state index contributed by atoms with van der Waals surface area (Å²) < 4.78 is 5.23. The summed E-state index contributed by atoms with van der Waals surface area (Å²) >= 11 is 12.3. The van der Waals surface area contributed by atoms with Crippen molar-refractivity contribution in [3.05, 3.63) is 63.3 Å².